The van der Waals surface area contributed by atoms with Gasteiger partial charge in [0.15, 0.2) is 5.78 Å². The number of amides is 3. The number of carbonyl (C=O) groups is 5. The molecule has 0 aromatic rings. The normalized spacial score (nSPS) is 20.5. The Kier molecular flexibility index (Phi) is 8.65. The molecule has 1 aliphatic rings. The Morgan fingerprint density at radius 1 is 1.03 bits per heavy atom. The van der Waals surface area contributed by atoms with Crippen molar-refractivity contribution in [2.45, 2.75) is 65.1 Å². The number of likely N-dealkylation sites (tertiary alicyclic amines) is 1. The average Bonchev–Trinajstić information content (AvgIpc) is 3.09. The van der Waals surface area contributed by atoms with E-state index in [2.05, 4.69) is 10.6 Å². The predicted octanol–water partition coefficient (Wildman–Crippen LogP) is 0.178. The molecule has 0 spiro atoms. The van der Waals surface area contributed by atoms with Crippen molar-refractivity contribution in [2.24, 2.45) is 11.8 Å². The van der Waals surface area contributed by atoms with Gasteiger partial charge in [-0.1, -0.05) is 6.92 Å². The molecule has 11 heteroatoms. The summed E-state index contributed by atoms with van der Waals surface area (Å²) in [5, 5.41) is 13.7. The molecule has 0 aromatic carbocycles. The van der Waals surface area contributed by atoms with Crippen LogP contribution in [0.3, 0.4) is 0 Å². The van der Waals surface area contributed by atoms with Crippen LogP contribution in [0.5, 0.6) is 0 Å². The van der Waals surface area contributed by atoms with Gasteiger partial charge in [-0.2, -0.15) is 0 Å². The monoisotopic (exact) mass is 419 g/mol. The molecule has 5 atom stereocenters. The lowest BCUT2D eigenvalue weighted by atomic mass is 9.87. The first-order chi connectivity index (χ1) is 13.4. The largest absolute Gasteiger partial charge is 0.481 e. The number of nitrogens with one attached hydrogen (secondary N) is 2. The maximum absolute atomic E-state index is 13.2. The van der Waals surface area contributed by atoms with Gasteiger partial charge in [-0.3, -0.25) is 24.0 Å². The number of halogens is 2. The number of aliphatic carboxylic acids is 1. The van der Waals surface area contributed by atoms with Crippen LogP contribution in [0.1, 0.15) is 40.5 Å². The Morgan fingerprint density at radius 2 is 1.62 bits per heavy atom. The van der Waals surface area contributed by atoms with Crippen molar-refractivity contribution in [3.05, 3.63) is 0 Å². The Bertz CT molecular complexity index is 672. The fraction of sp³-hybridized carbons (Fsp3) is 0.722. The van der Waals surface area contributed by atoms with Crippen molar-refractivity contribution in [2.75, 3.05) is 6.54 Å². The van der Waals surface area contributed by atoms with E-state index >= 15 is 0 Å². The Balaban J connectivity index is 2.85. The number of rotatable bonds is 9. The zero-order valence-corrected chi connectivity index (χ0v) is 16.8. The number of hydrogen-bond donors (Lipinski definition) is 3. The number of ketones is 1. The van der Waals surface area contributed by atoms with Gasteiger partial charge in [0.05, 0.1) is 17.9 Å². The van der Waals surface area contributed by atoms with E-state index in [1.165, 1.54) is 25.7 Å². The number of nitrogens with zero attached hydrogens (tertiary/aromatic N) is 1. The number of carbonyl (C=O) groups excluding carboxylic acids is 4. The van der Waals surface area contributed by atoms with Crippen LogP contribution < -0.4 is 10.6 Å². The minimum absolute atomic E-state index is 0.277. The van der Waals surface area contributed by atoms with Crippen LogP contribution in [-0.2, 0) is 24.0 Å². The lowest BCUT2D eigenvalue weighted by molar-refractivity contribution is -0.151. The van der Waals surface area contributed by atoms with Gasteiger partial charge in [0.1, 0.15) is 12.1 Å². The highest BCUT2D eigenvalue weighted by Crippen LogP contribution is 2.23. The summed E-state index contributed by atoms with van der Waals surface area (Å²) in [5.41, 5.74) is 0. The zero-order valence-electron chi connectivity index (χ0n) is 16.8. The van der Waals surface area contributed by atoms with Crippen LogP contribution in [0.25, 0.3) is 0 Å². The summed E-state index contributed by atoms with van der Waals surface area (Å²) in [6.45, 7) is 5.21. The van der Waals surface area contributed by atoms with Gasteiger partial charge in [0.2, 0.25) is 24.1 Å². The molecular weight excluding hydrogens is 392 g/mol. The highest BCUT2D eigenvalue weighted by Gasteiger charge is 2.41. The third-order valence-electron chi connectivity index (χ3n) is 4.94. The summed E-state index contributed by atoms with van der Waals surface area (Å²) in [6, 6.07) is -3.11. The van der Waals surface area contributed by atoms with Crippen LogP contribution >= 0.6 is 0 Å². The SMILES string of the molecule is CC(=O)NC(C)C(=O)N1CCCC1C(=O)NC(C)C(=O)C(C(F)F)C(C)C(=O)O. The van der Waals surface area contributed by atoms with Gasteiger partial charge in [0.25, 0.3) is 0 Å². The van der Waals surface area contributed by atoms with Crippen molar-refractivity contribution in [3.8, 4) is 0 Å². The molecule has 5 unspecified atom stereocenters. The number of alkyl halides is 2. The van der Waals surface area contributed by atoms with Gasteiger partial charge in [-0.05, 0) is 26.7 Å². The molecular formula is C18H27F2N3O6. The van der Waals surface area contributed by atoms with Crippen LogP contribution in [-0.4, -0.2) is 70.6 Å². The molecule has 3 N–H and O–H groups in total. The van der Waals surface area contributed by atoms with Gasteiger partial charge in [0, 0.05) is 13.5 Å². The maximum atomic E-state index is 13.2. The molecule has 0 aliphatic carbocycles. The first kappa shape index (κ1) is 24.4. The highest BCUT2D eigenvalue weighted by atomic mass is 19.3. The summed E-state index contributed by atoms with van der Waals surface area (Å²) >= 11 is 0. The zero-order chi connectivity index (χ0) is 22.5. The summed E-state index contributed by atoms with van der Waals surface area (Å²) in [7, 11) is 0. The van der Waals surface area contributed by atoms with E-state index in [0.717, 1.165) is 6.92 Å². The number of carboxylic acids is 1. The molecule has 1 rings (SSSR count). The lowest BCUT2D eigenvalue weighted by Crippen LogP contribution is -2.55. The fourth-order valence-electron chi connectivity index (χ4n) is 3.33. The quantitative estimate of drug-likeness (QED) is 0.488. The Morgan fingerprint density at radius 3 is 2.10 bits per heavy atom. The standard InChI is InChI=1S/C18H27F2N3O6/c1-8(18(28)29)13(15(19)20)14(25)9(2)22-16(26)12-6-5-7-23(12)17(27)10(3)21-11(4)24/h8-10,12-13,15H,5-7H2,1-4H3,(H,21,24)(H,22,26)(H,28,29). The van der Waals surface area contributed by atoms with Crippen molar-refractivity contribution in [1.29, 1.82) is 0 Å². The first-order valence-corrected chi connectivity index (χ1v) is 9.31. The van der Waals surface area contributed by atoms with Crippen molar-refractivity contribution >= 4 is 29.5 Å². The molecule has 1 heterocycles. The van der Waals surface area contributed by atoms with Crippen LogP contribution in [0.2, 0.25) is 0 Å². The predicted molar refractivity (Wildman–Crippen MR) is 96.9 cm³/mol. The molecule has 1 saturated heterocycles. The van der Waals surface area contributed by atoms with E-state index in [4.69, 9.17) is 5.11 Å². The summed E-state index contributed by atoms with van der Waals surface area (Å²) in [5.74, 6) is -7.89. The molecule has 0 saturated carbocycles. The smallest absolute Gasteiger partial charge is 0.307 e. The minimum Gasteiger partial charge on any atom is -0.481 e. The number of carboxylic acid groups (broad SMARTS) is 1. The number of Topliss-reactive ketones (excluding diaryl/α,β-unsaturated/α-hetero) is 1. The summed E-state index contributed by atoms with van der Waals surface area (Å²) < 4.78 is 26.5. The lowest BCUT2D eigenvalue weighted by Gasteiger charge is -2.28. The van der Waals surface area contributed by atoms with Gasteiger partial charge in [-0.25, -0.2) is 8.78 Å². The third-order valence-corrected chi connectivity index (χ3v) is 4.94. The molecule has 0 aromatic heterocycles. The topological polar surface area (TPSA) is 133 Å². The van der Waals surface area contributed by atoms with E-state index in [1.807, 2.05) is 0 Å². The third kappa shape index (κ3) is 6.20. The molecule has 0 bridgehead atoms. The van der Waals surface area contributed by atoms with E-state index in [-0.39, 0.29) is 6.54 Å². The Labute approximate surface area is 167 Å². The molecule has 164 valence electrons. The van der Waals surface area contributed by atoms with Crippen LogP contribution in [0.4, 0.5) is 8.78 Å². The summed E-state index contributed by atoms with van der Waals surface area (Å²) in [6.07, 6.45) is -2.36. The highest BCUT2D eigenvalue weighted by molar-refractivity contribution is 5.96. The van der Waals surface area contributed by atoms with E-state index in [0.29, 0.717) is 12.8 Å². The maximum Gasteiger partial charge on any atom is 0.307 e. The molecule has 9 nitrogen and oxygen atoms in total. The molecule has 0 radical (unpaired) electrons. The van der Waals surface area contributed by atoms with Crippen molar-refractivity contribution < 1.29 is 37.9 Å². The molecule has 1 fully saturated rings. The average molecular weight is 419 g/mol. The second-order valence-corrected chi connectivity index (χ2v) is 7.23. The number of hydrogen-bond acceptors (Lipinski definition) is 5. The van der Waals surface area contributed by atoms with Crippen molar-refractivity contribution in [1.82, 2.24) is 15.5 Å². The first-order valence-electron chi connectivity index (χ1n) is 9.31. The van der Waals surface area contributed by atoms with Gasteiger partial charge in [-0.15, -0.1) is 0 Å². The fourth-order valence-corrected chi connectivity index (χ4v) is 3.33. The molecule has 29 heavy (non-hydrogen) atoms. The minimum atomic E-state index is -3.20. The Hall–Kier alpha value is -2.59. The van der Waals surface area contributed by atoms with Crippen LogP contribution in [0, 0.1) is 11.8 Å². The second kappa shape index (κ2) is 10.3. The molecule has 3 amide bonds. The van der Waals surface area contributed by atoms with E-state index in [1.54, 1.807) is 0 Å². The van der Waals surface area contributed by atoms with Crippen LogP contribution in [0.15, 0.2) is 0 Å². The van der Waals surface area contributed by atoms with Crippen molar-refractivity contribution in [3.63, 3.8) is 0 Å². The van der Waals surface area contributed by atoms with Gasteiger partial charge >= 0.3 is 5.97 Å². The van der Waals surface area contributed by atoms with E-state index in [9.17, 15) is 32.8 Å². The van der Waals surface area contributed by atoms with Gasteiger partial charge < -0.3 is 20.6 Å². The second-order valence-electron chi connectivity index (χ2n) is 7.23. The van der Waals surface area contributed by atoms with E-state index < -0.39 is 65.9 Å². The summed E-state index contributed by atoms with van der Waals surface area (Å²) in [4.78, 5) is 60.8. The molecule has 1 aliphatic heterocycles.